The number of anilines is 1. The predicted octanol–water partition coefficient (Wildman–Crippen LogP) is 4.07. The van der Waals surface area contributed by atoms with Crippen molar-refractivity contribution in [1.82, 2.24) is 9.78 Å². The molecule has 0 aliphatic heterocycles. The average Bonchev–Trinajstić information content (AvgIpc) is 3.07. The SMILES string of the molecule is N#Cc1ccc(NCc2ccccc2Cn2cccn2)cc1Cl. The average molecular weight is 323 g/mol. The van der Waals surface area contributed by atoms with Crippen LogP contribution in [0, 0.1) is 11.3 Å². The first-order valence-electron chi connectivity index (χ1n) is 7.24. The Morgan fingerprint density at radius 2 is 1.96 bits per heavy atom. The van der Waals surface area contributed by atoms with E-state index in [0.29, 0.717) is 17.1 Å². The van der Waals surface area contributed by atoms with Gasteiger partial charge in [0.15, 0.2) is 0 Å². The normalized spacial score (nSPS) is 10.3. The van der Waals surface area contributed by atoms with E-state index in [4.69, 9.17) is 16.9 Å². The van der Waals surface area contributed by atoms with Crippen LogP contribution in [0.15, 0.2) is 60.9 Å². The zero-order valence-electron chi connectivity index (χ0n) is 12.4. The molecule has 1 N–H and O–H groups in total. The molecule has 0 amide bonds. The molecule has 114 valence electrons. The maximum atomic E-state index is 8.91. The molecular formula is C18H15ClN4. The number of halogens is 1. The second-order valence-electron chi connectivity index (χ2n) is 5.13. The number of benzene rings is 2. The van der Waals surface area contributed by atoms with Crippen molar-refractivity contribution in [3.05, 3.63) is 82.6 Å². The van der Waals surface area contributed by atoms with Crippen LogP contribution in [0.4, 0.5) is 5.69 Å². The summed E-state index contributed by atoms with van der Waals surface area (Å²) < 4.78 is 1.90. The topological polar surface area (TPSA) is 53.6 Å². The van der Waals surface area contributed by atoms with Crippen molar-refractivity contribution < 1.29 is 0 Å². The van der Waals surface area contributed by atoms with Gasteiger partial charge in [0.25, 0.3) is 0 Å². The molecule has 0 saturated carbocycles. The highest BCUT2D eigenvalue weighted by Gasteiger charge is 2.05. The summed E-state index contributed by atoms with van der Waals surface area (Å²) in [6.45, 7) is 1.42. The molecular weight excluding hydrogens is 308 g/mol. The molecule has 5 heteroatoms. The van der Waals surface area contributed by atoms with Crippen molar-refractivity contribution in [2.75, 3.05) is 5.32 Å². The lowest BCUT2D eigenvalue weighted by atomic mass is 10.1. The summed E-state index contributed by atoms with van der Waals surface area (Å²) in [6.07, 6.45) is 3.73. The summed E-state index contributed by atoms with van der Waals surface area (Å²) in [5.41, 5.74) is 3.78. The number of aromatic nitrogens is 2. The molecule has 0 radical (unpaired) electrons. The van der Waals surface area contributed by atoms with Crippen molar-refractivity contribution in [3.8, 4) is 6.07 Å². The summed E-state index contributed by atoms with van der Waals surface area (Å²) in [5.74, 6) is 0. The molecule has 2 aromatic carbocycles. The lowest BCUT2D eigenvalue weighted by Gasteiger charge is -2.12. The standard InChI is InChI=1S/C18H15ClN4/c19-18-10-17(7-6-14(18)11-20)21-12-15-4-1-2-5-16(15)13-23-9-3-8-22-23/h1-10,21H,12-13H2. The minimum absolute atomic E-state index is 0.460. The first-order valence-corrected chi connectivity index (χ1v) is 7.62. The summed E-state index contributed by atoms with van der Waals surface area (Å²) in [5, 5.41) is 17.0. The Morgan fingerprint density at radius 3 is 2.65 bits per heavy atom. The highest BCUT2D eigenvalue weighted by molar-refractivity contribution is 6.32. The molecule has 3 aromatic rings. The number of rotatable bonds is 5. The largest absolute Gasteiger partial charge is 0.381 e. The Balaban J connectivity index is 1.73. The summed E-state index contributed by atoms with van der Waals surface area (Å²) >= 11 is 6.06. The van der Waals surface area contributed by atoms with Gasteiger partial charge in [-0.25, -0.2) is 0 Å². The minimum atomic E-state index is 0.460. The van der Waals surface area contributed by atoms with Gasteiger partial charge < -0.3 is 5.32 Å². The van der Waals surface area contributed by atoms with E-state index < -0.39 is 0 Å². The molecule has 0 aliphatic carbocycles. The highest BCUT2D eigenvalue weighted by Crippen LogP contribution is 2.21. The Kier molecular flexibility index (Phi) is 4.60. The second-order valence-corrected chi connectivity index (χ2v) is 5.54. The van der Waals surface area contributed by atoms with Gasteiger partial charge in [0.05, 0.1) is 17.1 Å². The molecule has 0 fully saturated rings. The van der Waals surface area contributed by atoms with Crippen LogP contribution in [0.2, 0.25) is 5.02 Å². The molecule has 0 saturated heterocycles. The third-order valence-corrected chi connectivity index (χ3v) is 3.90. The van der Waals surface area contributed by atoms with Gasteiger partial charge >= 0.3 is 0 Å². The Bertz CT molecular complexity index is 834. The van der Waals surface area contributed by atoms with E-state index in [0.717, 1.165) is 12.2 Å². The molecule has 4 nitrogen and oxygen atoms in total. The molecule has 0 aliphatic rings. The van der Waals surface area contributed by atoms with E-state index >= 15 is 0 Å². The van der Waals surface area contributed by atoms with E-state index in [2.05, 4.69) is 28.6 Å². The molecule has 23 heavy (non-hydrogen) atoms. The predicted molar refractivity (Wildman–Crippen MR) is 91.3 cm³/mol. The van der Waals surface area contributed by atoms with Crippen LogP contribution in [0.1, 0.15) is 16.7 Å². The van der Waals surface area contributed by atoms with Gasteiger partial charge in [0, 0.05) is 24.6 Å². The van der Waals surface area contributed by atoms with Gasteiger partial charge in [-0.2, -0.15) is 10.4 Å². The molecule has 1 aromatic heterocycles. The van der Waals surface area contributed by atoms with Crippen LogP contribution in [-0.4, -0.2) is 9.78 Å². The van der Waals surface area contributed by atoms with Crippen LogP contribution >= 0.6 is 11.6 Å². The van der Waals surface area contributed by atoms with Gasteiger partial charge in [0.2, 0.25) is 0 Å². The van der Waals surface area contributed by atoms with E-state index in [9.17, 15) is 0 Å². The van der Waals surface area contributed by atoms with Crippen molar-refractivity contribution in [3.63, 3.8) is 0 Å². The van der Waals surface area contributed by atoms with E-state index in [-0.39, 0.29) is 0 Å². The second kappa shape index (κ2) is 6.99. The van der Waals surface area contributed by atoms with Crippen LogP contribution < -0.4 is 5.32 Å². The fraction of sp³-hybridized carbons (Fsp3) is 0.111. The van der Waals surface area contributed by atoms with Gasteiger partial charge in [-0.1, -0.05) is 35.9 Å². The Hall–Kier alpha value is -2.77. The number of hydrogen-bond donors (Lipinski definition) is 1. The van der Waals surface area contributed by atoms with Crippen molar-refractivity contribution in [2.45, 2.75) is 13.1 Å². The zero-order chi connectivity index (χ0) is 16.1. The first kappa shape index (κ1) is 15.1. The summed E-state index contributed by atoms with van der Waals surface area (Å²) in [7, 11) is 0. The smallest absolute Gasteiger partial charge is 0.101 e. The number of nitrogens with zero attached hydrogens (tertiary/aromatic N) is 3. The van der Waals surface area contributed by atoms with E-state index in [1.54, 1.807) is 18.3 Å². The van der Waals surface area contributed by atoms with E-state index in [1.807, 2.05) is 35.1 Å². The maximum Gasteiger partial charge on any atom is 0.101 e. The van der Waals surface area contributed by atoms with Gasteiger partial charge in [-0.05, 0) is 35.4 Å². The third-order valence-electron chi connectivity index (χ3n) is 3.58. The van der Waals surface area contributed by atoms with Gasteiger partial charge in [-0.3, -0.25) is 4.68 Å². The molecule has 3 rings (SSSR count). The van der Waals surface area contributed by atoms with Crippen molar-refractivity contribution in [1.29, 1.82) is 5.26 Å². The van der Waals surface area contributed by atoms with Crippen LogP contribution in [-0.2, 0) is 13.1 Å². The quantitative estimate of drug-likeness (QED) is 0.770. The number of hydrogen-bond acceptors (Lipinski definition) is 3. The minimum Gasteiger partial charge on any atom is -0.381 e. The van der Waals surface area contributed by atoms with Crippen LogP contribution in [0.5, 0.6) is 0 Å². The fourth-order valence-corrected chi connectivity index (χ4v) is 2.59. The van der Waals surface area contributed by atoms with E-state index in [1.165, 1.54) is 11.1 Å². The van der Waals surface area contributed by atoms with Crippen LogP contribution in [0.25, 0.3) is 0 Å². The molecule has 1 heterocycles. The summed E-state index contributed by atoms with van der Waals surface area (Å²) in [4.78, 5) is 0. The lowest BCUT2D eigenvalue weighted by Crippen LogP contribution is -2.07. The monoisotopic (exact) mass is 322 g/mol. The fourth-order valence-electron chi connectivity index (χ4n) is 2.37. The first-order chi connectivity index (χ1) is 11.3. The maximum absolute atomic E-state index is 8.91. The van der Waals surface area contributed by atoms with Crippen molar-refractivity contribution >= 4 is 17.3 Å². The molecule has 0 bridgehead atoms. The number of nitriles is 1. The zero-order valence-corrected chi connectivity index (χ0v) is 13.2. The van der Waals surface area contributed by atoms with Crippen LogP contribution in [0.3, 0.4) is 0 Å². The lowest BCUT2D eigenvalue weighted by molar-refractivity contribution is 0.682. The molecule has 0 spiro atoms. The Morgan fingerprint density at radius 1 is 1.13 bits per heavy atom. The Labute approximate surface area is 139 Å². The number of nitrogens with one attached hydrogen (secondary N) is 1. The third kappa shape index (κ3) is 3.71. The summed E-state index contributed by atoms with van der Waals surface area (Å²) in [6, 6.07) is 17.6. The molecule has 0 atom stereocenters. The highest BCUT2D eigenvalue weighted by atomic mass is 35.5. The van der Waals surface area contributed by atoms with Gasteiger partial charge in [0.1, 0.15) is 6.07 Å². The molecule has 0 unspecified atom stereocenters. The van der Waals surface area contributed by atoms with Gasteiger partial charge in [-0.15, -0.1) is 0 Å². The van der Waals surface area contributed by atoms with Crippen molar-refractivity contribution in [2.24, 2.45) is 0 Å².